The van der Waals surface area contributed by atoms with Crippen LogP contribution in [0.4, 0.5) is 17.1 Å². The van der Waals surface area contributed by atoms with Crippen LogP contribution in [0.15, 0.2) is 72.8 Å². The van der Waals surface area contributed by atoms with Gasteiger partial charge in [0.2, 0.25) is 5.91 Å². The summed E-state index contributed by atoms with van der Waals surface area (Å²) >= 11 is 0. The predicted octanol–water partition coefficient (Wildman–Crippen LogP) is 4.07. The molecule has 0 unspecified atom stereocenters. The summed E-state index contributed by atoms with van der Waals surface area (Å²) < 4.78 is 5.00. The maximum Gasteiger partial charge on any atom is 0.308 e. The van der Waals surface area contributed by atoms with Crippen molar-refractivity contribution in [2.75, 3.05) is 16.0 Å². The number of carbonyl (C=O) groups is 4. The minimum absolute atomic E-state index is 0.232. The van der Waals surface area contributed by atoms with Gasteiger partial charge in [-0.25, -0.2) is 0 Å². The standard InChI is InChI=1S/C24H21N3O5/c1-15(28)25-19-8-3-6-17(12-19)23(30)26-20-9-5-10-21(14-20)27-24(31)18-7-4-11-22(13-18)32-16(2)29/h3-14H,1-2H3,(H,25,28)(H,26,30)(H,27,31). The fourth-order valence-corrected chi connectivity index (χ4v) is 2.89. The van der Waals surface area contributed by atoms with Crippen LogP contribution in [0.3, 0.4) is 0 Å². The lowest BCUT2D eigenvalue weighted by molar-refractivity contribution is -0.131. The molecule has 3 rings (SSSR count). The minimum atomic E-state index is -0.478. The van der Waals surface area contributed by atoms with Gasteiger partial charge in [0.05, 0.1) is 0 Å². The monoisotopic (exact) mass is 431 g/mol. The molecule has 0 aliphatic carbocycles. The van der Waals surface area contributed by atoms with E-state index in [9.17, 15) is 19.2 Å². The fourth-order valence-electron chi connectivity index (χ4n) is 2.89. The highest BCUT2D eigenvalue weighted by Gasteiger charge is 2.11. The smallest absolute Gasteiger partial charge is 0.308 e. The highest BCUT2D eigenvalue weighted by atomic mass is 16.5. The molecule has 32 heavy (non-hydrogen) atoms. The van der Waals surface area contributed by atoms with E-state index in [1.54, 1.807) is 66.7 Å². The van der Waals surface area contributed by atoms with E-state index in [0.717, 1.165) is 0 Å². The SMILES string of the molecule is CC(=O)Nc1cccc(C(=O)Nc2cccc(NC(=O)c3cccc(OC(C)=O)c3)c2)c1. The summed E-state index contributed by atoms with van der Waals surface area (Å²) in [5.74, 6) is -1.20. The lowest BCUT2D eigenvalue weighted by Gasteiger charge is -2.10. The Kier molecular flexibility index (Phi) is 6.97. The van der Waals surface area contributed by atoms with Crippen LogP contribution in [0, 0.1) is 0 Å². The highest BCUT2D eigenvalue weighted by molar-refractivity contribution is 6.07. The number of amides is 3. The van der Waals surface area contributed by atoms with Crippen LogP contribution in [-0.4, -0.2) is 23.7 Å². The summed E-state index contributed by atoms with van der Waals surface area (Å²) in [4.78, 5) is 47.5. The number of esters is 1. The van der Waals surface area contributed by atoms with E-state index in [0.29, 0.717) is 28.2 Å². The Morgan fingerprint density at radius 2 is 1.12 bits per heavy atom. The molecule has 0 spiro atoms. The maximum absolute atomic E-state index is 12.6. The summed E-state index contributed by atoms with van der Waals surface area (Å²) in [7, 11) is 0. The molecule has 0 saturated carbocycles. The first-order valence-corrected chi connectivity index (χ1v) is 9.69. The van der Waals surface area contributed by atoms with Gasteiger partial charge in [0.25, 0.3) is 11.8 Å². The average Bonchev–Trinajstić information content (AvgIpc) is 2.73. The first kappa shape index (κ1) is 22.2. The number of rotatable bonds is 6. The second kappa shape index (κ2) is 10.0. The molecular weight excluding hydrogens is 410 g/mol. The molecule has 0 atom stereocenters. The van der Waals surface area contributed by atoms with Crippen molar-refractivity contribution >= 4 is 40.8 Å². The van der Waals surface area contributed by atoms with Crippen LogP contribution in [0.2, 0.25) is 0 Å². The Balaban J connectivity index is 1.69. The van der Waals surface area contributed by atoms with E-state index >= 15 is 0 Å². The summed E-state index contributed by atoms with van der Waals surface area (Å²) in [6.45, 7) is 2.67. The van der Waals surface area contributed by atoms with Gasteiger partial charge in [0.15, 0.2) is 0 Å². The van der Waals surface area contributed by atoms with Crippen molar-refractivity contribution in [2.45, 2.75) is 13.8 Å². The molecule has 0 aliphatic heterocycles. The topological polar surface area (TPSA) is 114 Å². The lowest BCUT2D eigenvalue weighted by atomic mass is 10.1. The number of carbonyl (C=O) groups excluding carboxylic acids is 4. The van der Waals surface area contributed by atoms with E-state index < -0.39 is 11.9 Å². The van der Waals surface area contributed by atoms with Crippen LogP contribution < -0.4 is 20.7 Å². The van der Waals surface area contributed by atoms with Crippen molar-refractivity contribution in [3.8, 4) is 5.75 Å². The van der Waals surface area contributed by atoms with Gasteiger partial charge >= 0.3 is 5.97 Å². The van der Waals surface area contributed by atoms with Crippen LogP contribution in [0.1, 0.15) is 34.6 Å². The Morgan fingerprint density at radius 3 is 1.69 bits per heavy atom. The number of ether oxygens (including phenoxy) is 1. The Hall–Kier alpha value is -4.46. The van der Waals surface area contributed by atoms with Crippen molar-refractivity contribution < 1.29 is 23.9 Å². The summed E-state index contributed by atoms with van der Waals surface area (Å²) in [6.07, 6.45) is 0. The van der Waals surface area contributed by atoms with Crippen LogP contribution >= 0.6 is 0 Å². The molecule has 162 valence electrons. The molecule has 0 bridgehead atoms. The summed E-state index contributed by atoms with van der Waals surface area (Å²) in [6, 6.07) is 19.5. The van der Waals surface area contributed by atoms with E-state index in [2.05, 4.69) is 16.0 Å². The molecule has 3 amide bonds. The van der Waals surface area contributed by atoms with Gasteiger partial charge < -0.3 is 20.7 Å². The van der Waals surface area contributed by atoms with Gasteiger partial charge in [-0.1, -0.05) is 18.2 Å². The lowest BCUT2D eigenvalue weighted by Crippen LogP contribution is -2.14. The molecule has 0 fully saturated rings. The number of nitrogens with one attached hydrogen (secondary N) is 3. The molecule has 0 aliphatic rings. The third kappa shape index (κ3) is 6.27. The summed E-state index contributed by atoms with van der Waals surface area (Å²) in [5.41, 5.74) is 2.15. The molecular formula is C24H21N3O5. The fraction of sp³-hybridized carbons (Fsp3) is 0.0833. The third-order valence-electron chi connectivity index (χ3n) is 4.18. The first-order valence-electron chi connectivity index (χ1n) is 9.69. The second-order valence-electron chi connectivity index (χ2n) is 6.87. The van der Waals surface area contributed by atoms with Crippen LogP contribution in [-0.2, 0) is 9.59 Å². The normalized spacial score (nSPS) is 10.1. The number of hydrogen-bond acceptors (Lipinski definition) is 5. The van der Waals surface area contributed by atoms with Gasteiger partial charge in [-0.3, -0.25) is 19.2 Å². The zero-order valence-corrected chi connectivity index (χ0v) is 17.5. The molecule has 8 nitrogen and oxygen atoms in total. The van der Waals surface area contributed by atoms with Crippen molar-refractivity contribution in [3.05, 3.63) is 83.9 Å². The van der Waals surface area contributed by atoms with Crippen LogP contribution in [0.25, 0.3) is 0 Å². The Labute approximate surface area is 184 Å². The molecule has 0 aromatic heterocycles. The molecule has 3 N–H and O–H groups in total. The molecule has 3 aromatic rings. The number of benzene rings is 3. The molecule has 0 heterocycles. The van der Waals surface area contributed by atoms with Gasteiger partial charge in [-0.2, -0.15) is 0 Å². The van der Waals surface area contributed by atoms with Crippen molar-refractivity contribution in [3.63, 3.8) is 0 Å². The molecule has 0 radical (unpaired) electrons. The third-order valence-corrected chi connectivity index (χ3v) is 4.18. The van der Waals surface area contributed by atoms with Crippen molar-refractivity contribution in [2.24, 2.45) is 0 Å². The molecule has 3 aromatic carbocycles. The van der Waals surface area contributed by atoms with Gasteiger partial charge in [-0.05, 0) is 54.6 Å². The minimum Gasteiger partial charge on any atom is -0.427 e. The van der Waals surface area contributed by atoms with E-state index in [1.807, 2.05) is 0 Å². The number of hydrogen-bond donors (Lipinski definition) is 3. The van der Waals surface area contributed by atoms with E-state index in [1.165, 1.54) is 19.9 Å². The highest BCUT2D eigenvalue weighted by Crippen LogP contribution is 2.19. The molecule has 8 heteroatoms. The Bertz CT molecular complexity index is 1100. The van der Waals surface area contributed by atoms with Crippen LogP contribution in [0.5, 0.6) is 5.75 Å². The maximum atomic E-state index is 12.6. The van der Waals surface area contributed by atoms with Gasteiger partial charge in [0.1, 0.15) is 5.75 Å². The second-order valence-corrected chi connectivity index (χ2v) is 6.87. The largest absolute Gasteiger partial charge is 0.427 e. The zero-order valence-electron chi connectivity index (χ0n) is 17.5. The predicted molar refractivity (Wildman–Crippen MR) is 121 cm³/mol. The van der Waals surface area contributed by atoms with E-state index in [-0.39, 0.29) is 17.6 Å². The van der Waals surface area contributed by atoms with E-state index in [4.69, 9.17) is 4.74 Å². The molecule has 0 saturated heterocycles. The van der Waals surface area contributed by atoms with Crippen molar-refractivity contribution in [1.29, 1.82) is 0 Å². The zero-order chi connectivity index (χ0) is 23.1. The van der Waals surface area contributed by atoms with Crippen molar-refractivity contribution in [1.82, 2.24) is 0 Å². The average molecular weight is 431 g/mol. The summed E-state index contributed by atoms with van der Waals surface area (Å²) in [5, 5.41) is 8.14. The van der Waals surface area contributed by atoms with Gasteiger partial charge in [0, 0.05) is 42.0 Å². The Morgan fingerprint density at radius 1 is 0.625 bits per heavy atom. The quantitative estimate of drug-likeness (QED) is 0.402. The van der Waals surface area contributed by atoms with Gasteiger partial charge in [-0.15, -0.1) is 0 Å². The first-order chi connectivity index (χ1) is 15.3. The number of anilines is 3.